The minimum absolute atomic E-state index is 0.635. The highest BCUT2D eigenvalue weighted by atomic mass is 14.9. The molecule has 1 aliphatic rings. The second-order valence-electron chi connectivity index (χ2n) is 5.32. The smallest absolute Gasteiger partial charge is 0.0457 e. The Morgan fingerprint density at radius 2 is 2.18 bits per heavy atom. The lowest BCUT2D eigenvalue weighted by Crippen LogP contribution is -2.25. The van der Waals surface area contributed by atoms with Crippen LogP contribution in [0.1, 0.15) is 31.7 Å². The maximum absolute atomic E-state index is 3.63. The van der Waals surface area contributed by atoms with Gasteiger partial charge in [-0.1, -0.05) is 31.0 Å². The van der Waals surface area contributed by atoms with Crippen LogP contribution in [0, 0.1) is 5.92 Å². The van der Waals surface area contributed by atoms with Gasteiger partial charge < -0.3 is 10.3 Å². The summed E-state index contributed by atoms with van der Waals surface area (Å²) in [6.07, 6.45) is 6.35. The first-order valence-corrected chi connectivity index (χ1v) is 6.61. The van der Waals surface area contributed by atoms with E-state index < -0.39 is 0 Å². The molecule has 0 radical (unpaired) electrons. The minimum atomic E-state index is 0.635. The van der Waals surface area contributed by atoms with Crippen LogP contribution in [-0.2, 0) is 6.54 Å². The summed E-state index contributed by atoms with van der Waals surface area (Å²) in [4.78, 5) is 3.33. The Labute approximate surface area is 102 Å². The predicted octanol–water partition coefficient (Wildman–Crippen LogP) is 3.45. The zero-order valence-electron chi connectivity index (χ0n) is 10.4. The van der Waals surface area contributed by atoms with Crippen LogP contribution in [0.4, 0.5) is 0 Å². The van der Waals surface area contributed by atoms with Crippen LogP contribution in [-0.4, -0.2) is 11.0 Å². The van der Waals surface area contributed by atoms with Crippen molar-refractivity contribution >= 4 is 10.9 Å². The highest BCUT2D eigenvalue weighted by Gasteiger charge is 2.23. The van der Waals surface area contributed by atoms with Gasteiger partial charge in [0, 0.05) is 29.7 Å². The Balaban J connectivity index is 1.63. The molecule has 1 atom stereocenters. The van der Waals surface area contributed by atoms with Crippen molar-refractivity contribution in [3.63, 3.8) is 0 Å². The number of H-pyrrole nitrogens is 1. The summed E-state index contributed by atoms with van der Waals surface area (Å²) < 4.78 is 0. The molecule has 2 N–H and O–H groups in total. The van der Waals surface area contributed by atoms with Gasteiger partial charge in [-0.3, -0.25) is 0 Å². The molecule has 0 bridgehead atoms. The summed E-state index contributed by atoms with van der Waals surface area (Å²) in [5.41, 5.74) is 2.61. The quantitative estimate of drug-likeness (QED) is 0.806. The average molecular weight is 228 g/mol. The van der Waals surface area contributed by atoms with Crippen molar-refractivity contribution in [3.05, 3.63) is 36.0 Å². The van der Waals surface area contributed by atoms with Crippen LogP contribution in [0.2, 0.25) is 0 Å². The molecule has 1 saturated carbocycles. The first-order chi connectivity index (χ1) is 8.33. The van der Waals surface area contributed by atoms with Gasteiger partial charge in [0.1, 0.15) is 0 Å². The number of fused-ring (bicyclic) bond motifs is 1. The van der Waals surface area contributed by atoms with E-state index in [0.29, 0.717) is 6.04 Å². The van der Waals surface area contributed by atoms with E-state index in [1.165, 1.54) is 35.7 Å². The van der Waals surface area contributed by atoms with Gasteiger partial charge in [0.15, 0.2) is 0 Å². The van der Waals surface area contributed by atoms with Crippen LogP contribution >= 0.6 is 0 Å². The largest absolute Gasteiger partial charge is 0.361 e. The van der Waals surface area contributed by atoms with Crippen LogP contribution in [0.3, 0.4) is 0 Å². The van der Waals surface area contributed by atoms with E-state index >= 15 is 0 Å². The van der Waals surface area contributed by atoms with Gasteiger partial charge in [-0.25, -0.2) is 0 Å². The molecule has 1 aliphatic carbocycles. The number of aromatic nitrogens is 1. The molecule has 1 unspecified atom stereocenters. The summed E-state index contributed by atoms with van der Waals surface area (Å²) in [7, 11) is 0. The number of hydrogen-bond acceptors (Lipinski definition) is 1. The van der Waals surface area contributed by atoms with Crippen molar-refractivity contribution in [3.8, 4) is 0 Å². The maximum Gasteiger partial charge on any atom is 0.0457 e. The van der Waals surface area contributed by atoms with Gasteiger partial charge in [-0.2, -0.15) is 0 Å². The monoisotopic (exact) mass is 228 g/mol. The van der Waals surface area contributed by atoms with Gasteiger partial charge in [-0.15, -0.1) is 0 Å². The average Bonchev–Trinajstić information content (AvgIpc) is 3.06. The summed E-state index contributed by atoms with van der Waals surface area (Å²) in [5, 5.41) is 4.97. The van der Waals surface area contributed by atoms with Gasteiger partial charge >= 0.3 is 0 Å². The van der Waals surface area contributed by atoms with Crippen LogP contribution in [0.25, 0.3) is 10.9 Å². The van der Waals surface area contributed by atoms with Crippen LogP contribution in [0.15, 0.2) is 30.5 Å². The lowest BCUT2D eigenvalue weighted by Gasteiger charge is -2.12. The zero-order chi connectivity index (χ0) is 11.7. The van der Waals surface area contributed by atoms with Crippen molar-refractivity contribution in [2.75, 3.05) is 0 Å². The molecule has 0 amide bonds. The second kappa shape index (κ2) is 4.53. The molecule has 1 aromatic carbocycles. The topological polar surface area (TPSA) is 27.8 Å². The van der Waals surface area contributed by atoms with Gasteiger partial charge in [0.05, 0.1) is 0 Å². The molecule has 0 aliphatic heterocycles. The Morgan fingerprint density at radius 3 is 3.00 bits per heavy atom. The SMILES string of the molecule is CC(CC1CC1)NCc1c[nH]c2ccccc12. The van der Waals surface area contributed by atoms with E-state index in [9.17, 15) is 0 Å². The lowest BCUT2D eigenvalue weighted by atomic mass is 10.1. The van der Waals surface area contributed by atoms with Crippen LogP contribution < -0.4 is 5.32 Å². The van der Waals surface area contributed by atoms with Crippen molar-refractivity contribution in [2.45, 2.75) is 38.8 Å². The fourth-order valence-corrected chi connectivity index (χ4v) is 2.50. The Hall–Kier alpha value is -1.28. The molecule has 2 aromatic rings. The fraction of sp³-hybridized carbons (Fsp3) is 0.467. The Kier molecular flexibility index (Phi) is 2.89. The molecular weight excluding hydrogens is 208 g/mol. The highest BCUT2D eigenvalue weighted by molar-refractivity contribution is 5.82. The summed E-state index contributed by atoms with van der Waals surface area (Å²) in [6.45, 7) is 3.27. The third-order valence-electron chi connectivity index (χ3n) is 3.70. The molecule has 2 nitrogen and oxygen atoms in total. The summed E-state index contributed by atoms with van der Waals surface area (Å²) in [5.74, 6) is 1.00. The summed E-state index contributed by atoms with van der Waals surface area (Å²) in [6, 6.07) is 9.14. The number of benzene rings is 1. The minimum Gasteiger partial charge on any atom is -0.361 e. The molecular formula is C15H20N2. The molecule has 2 heteroatoms. The number of rotatable bonds is 5. The maximum atomic E-state index is 3.63. The third kappa shape index (κ3) is 2.52. The standard InChI is InChI=1S/C15H20N2/c1-11(8-12-6-7-12)16-9-13-10-17-15-5-3-2-4-14(13)15/h2-5,10-12,16-17H,6-9H2,1H3. The molecule has 1 aromatic heterocycles. The van der Waals surface area contributed by atoms with Crippen LogP contribution in [0.5, 0.6) is 0 Å². The van der Waals surface area contributed by atoms with E-state index in [4.69, 9.17) is 0 Å². The number of aromatic amines is 1. The van der Waals surface area contributed by atoms with E-state index in [1.807, 2.05) is 0 Å². The zero-order valence-corrected chi connectivity index (χ0v) is 10.4. The van der Waals surface area contributed by atoms with Crippen molar-refractivity contribution in [1.82, 2.24) is 10.3 Å². The van der Waals surface area contributed by atoms with E-state index in [-0.39, 0.29) is 0 Å². The lowest BCUT2D eigenvalue weighted by molar-refractivity contribution is 0.488. The van der Waals surface area contributed by atoms with Crippen molar-refractivity contribution < 1.29 is 0 Å². The third-order valence-corrected chi connectivity index (χ3v) is 3.70. The first-order valence-electron chi connectivity index (χ1n) is 6.61. The predicted molar refractivity (Wildman–Crippen MR) is 71.9 cm³/mol. The van der Waals surface area contributed by atoms with E-state index in [2.05, 4.69) is 47.7 Å². The second-order valence-corrected chi connectivity index (χ2v) is 5.32. The number of nitrogens with one attached hydrogen (secondary N) is 2. The normalized spacial score (nSPS) is 17.5. The van der Waals surface area contributed by atoms with E-state index in [0.717, 1.165) is 12.5 Å². The number of para-hydroxylation sites is 1. The van der Waals surface area contributed by atoms with E-state index in [1.54, 1.807) is 0 Å². The molecule has 1 fully saturated rings. The van der Waals surface area contributed by atoms with Gasteiger partial charge in [0.25, 0.3) is 0 Å². The van der Waals surface area contributed by atoms with Gasteiger partial charge in [-0.05, 0) is 30.9 Å². The molecule has 0 spiro atoms. The number of hydrogen-bond donors (Lipinski definition) is 2. The fourth-order valence-electron chi connectivity index (χ4n) is 2.50. The molecule has 3 rings (SSSR count). The summed E-state index contributed by atoms with van der Waals surface area (Å²) >= 11 is 0. The van der Waals surface area contributed by atoms with Gasteiger partial charge in [0.2, 0.25) is 0 Å². The molecule has 1 heterocycles. The molecule has 90 valence electrons. The van der Waals surface area contributed by atoms with Crippen molar-refractivity contribution in [1.29, 1.82) is 0 Å². The molecule has 0 saturated heterocycles. The Bertz CT molecular complexity index is 496. The van der Waals surface area contributed by atoms with Crippen molar-refractivity contribution in [2.24, 2.45) is 5.92 Å². The molecule has 17 heavy (non-hydrogen) atoms. The Morgan fingerprint density at radius 1 is 1.35 bits per heavy atom. The highest BCUT2D eigenvalue weighted by Crippen LogP contribution is 2.33. The first kappa shape index (κ1) is 10.8.